The van der Waals surface area contributed by atoms with Gasteiger partial charge in [0, 0.05) is 11.8 Å². The largest absolute Gasteiger partial charge is 0.294 e. The Kier molecular flexibility index (Phi) is 3.34. The van der Waals surface area contributed by atoms with E-state index in [1.165, 1.54) is 0 Å². The number of Topliss-reactive ketones (excluding diaryl/α,β-unsaturated/α-hetero) is 1. The van der Waals surface area contributed by atoms with Crippen LogP contribution in [-0.2, 0) is 0 Å². The lowest BCUT2D eigenvalue weighted by Gasteiger charge is -2.03. The third-order valence-corrected chi connectivity index (χ3v) is 4.27. The normalized spacial score (nSPS) is 10.8. The van der Waals surface area contributed by atoms with E-state index >= 15 is 0 Å². The predicted octanol–water partition coefficient (Wildman–Crippen LogP) is 4.62. The lowest BCUT2D eigenvalue weighted by atomic mass is 10.0. The van der Waals surface area contributed by atoms with E-state index in [4.69, 9.17) is 18.0 Å². The van der Waals surface area contributed by atoms with E-state index < -0.39 is 5.78 Å². The summed E-state index contributed by atoms with van der Waals surface area (Å²) in [4.78, 5) is 16.9. The Bertz CT molecular complexity index is 1150. The average Bonchev–Trinajstić information content (AvgIpc) is 3.01. The fraction of sp³-hybridized carbons (Fsp3) is 0. The minimum absolute atomic E-state index is 0.352. The first-order valence-corrected chi connectivity index (χ1v) is 7.73. The number of carbonyl (C=O) groups excluding carboxylic acids is 1. The van der Waals surface area contributed by atoms with Crippen LogP contribution in [0.4, 0.5) is 0 Å². The van der Waals surface area contributed by atoms with Gasteiger partial charge in [0.05, 0.1) is 5.02 Å². The molecule has 2 aromatic carbocycles. The number of pyridine rings is 1. The Morgan fingerprint density at radius 3 is 2.67 bits per heavy atom. The maximum absolute atomic E-state index is 12.3. The molecule has 0 N–H and O–H groups in total. The Morgan fingerprint density at radius 1 is 1.08 bits per heavy atom. The number of hydrogen-bond donors (Lipinski definition) is 0. The molecule has 0 unspecified atom stereocenters. The summed E-state index contributed by atoms with van der Waals surface area (Å²) in [5.41, 5.74) is 2.23. The lowest BCUT2D eigenvalue weighted by Crippen LogP contribution is -2.02. The van der Waals surface area contributed by atoms with Crippen molar-refractivity contribution >= 4 is 33.8 Å². The van der Waals surface area contributed by atoms with Crippen molar-refractivity contribution in [3.05, 3.63) is 71.5 Å². The molecule has 2 heterocycles. The third kappa shape index (κ3) is 2.17. The van der Waals surface area contributed by atoms with Crippen molar-refractivity contribution in [1.29, 1.82) is 0 Å². The van der Waals surface area contributed by atoms with Gasteiger partial charge in [0.1, 0.15) is 11.4 Å². The molecule has 4 aromatic rings. The molecule has 114 valence electrons. The van der Waals surface area contributed by atoms with Gasteiger partial charge in [0.15, 0.2) is 5.65 Å². The minimum Gasteiger partial charge on any atom is -0.294 e. The van der Waals surface area contributed by atoms with E-state index in [1.54, 1.807) is 22.7 Å². The van der Waals surface area contributed by atoms with Gasteiger partial charge in [-0.15, -0.1) is 6.42 Å². The van der Waals surface area contributed by atoms with Gasteiger partial charge in [-0.25, -0.2) is 4.98 Å². The Morgan fingerprint density at radius 2 is 1.88 bits per heavy atom. The predicted molar refractivity (Wildman–Crippen MR) is 96.3 cm³/mol. The third-order valence-electron chi connectivity index (χ3n) is 3.97. The minimum atomic E-state index is -0.423. The summed E-state index contributed by atoms with van der Waals surface area (Å²) >= 11 is 6.23. The highest BCUT2D eigenvalue weighted by molar-refractivity contribution is 6.33. The quantitative estimate of drug-likeness (QED) is 0.305. The zero-order chi connectivity index (χ0) is 16.7. The van der Waals surface area contributed by atoms with Gasteiger partial charge in [-0.05, 0) is 34.9 Å². The lowest BCUT2D eigenvalue weighted by molar-refractivity contribution is 0.105. The standard InChI is InChI=1S/C20H11ClN2O/c1-2-17(24)19-18(22-20-16(21)8-5-11-23(19)20)15-10-9-13-6-3-4-7-14(13)12-15/h1,3-12H. The fourth-order valence-electron chi connectivity index (χ4n) is 2.86. The molecule has 0 spiro atoms. The number of carbonyl (C=O) groups is 1. The van der Waals surface area contributed by atoms with Crippen LogP contribution in [0, 0.1) is 12.3 Å². The topological polar surface area (TPSA) is 34.4 Å². The monoisotopic (exact) mass is 330 g/mol. The van der Waals surface area contributed by atoms with Gasteiger partial charge in [0.25, 0.3) is 5.78 Å². The number of halogens is 1. The zero-order valence-corrected chi connectivity index (χ0v) is 13.3. The van der Waals surface area contributed by atoms with Crippen molar-refractivity contribution in [3.8, 4) is 23.6 Å². The highest BCUT2D eigenvalue weighted by atomic mass is 35.5. The second kappa shape index (κ2) is 5.52. The molecule has 0 aliphatic carbocycles. The summed E-state index contributed by atoms with van der Waals surface area (Å²) in [6.45, 7) is 0. The van der Waals surface area contributed by atoms with Crippen LogP contribution in [0.2, 0.25) is 5.02 Å². The zero-order valence-electron chi connectivity index (χ0n) is 12.5. The molecule has 0 atom stereocenters. The van der Waals surface area contributed by atoms with Crippen molar-refractivity contribution in [2.45, 2.75) is 0 Å². The maximum atomic E-state index is 12.3. The molecule has 0 aliphatic heterocycles. The van der Waals surface area contributed by atoms with E-state index in [2.05, 4.69) is 10.9 Å². The SMILES string of the molecule is C#CC(=O)c1c(-c2ccc3ccccc3c2)nc2c(Cl)cccn12. The fourth-order valence-corrected chi connectivity index (χ4v) is 3.06. The second-order valence-corrected chi connectivity index (χ2v) is 5.80. The van der Waals surface area contributed by atoms with Gasteiger partial charge >= 0.3 is 0 Å². The highest BCUT2D eigenvalue weighted by Crippen LogP contribution is 2.30. The van der Waals surface area contributed by atoms with Crippen LogP contribution < -0.4 is 0 Å². The smallest absolute Gasteiger partial charge is 0.254 e. The summed E-state index contributed by atoms with van der Waals surface area (Å²) in [7, 11) is 0. The molecule has 2 aromatic heterocycles. The molecule has 0 fully saturated rings. The molecule has 24 heavy (non-hydrogen) atoms. The van der Waals surface area contributed by atoms with Crippen LogP contribution in [0.3, 0.4) is 0 Å². The number of rotatable bonds is 2. The first-order chi connectivity index (χ1) is 11.7. The summed E-state index contributed by atoms with van der Waals surface area (Å²) in [6, 6.07) is 17.4. The van der Waals surface area contributed by atoms with Gasteiger partial charge in [-0.3, -0.25) is 9.20 Å². The van der Waals surface area contributed by atoms with Crippen LogP contribution in [0.1, 0.15) is 10.5 Å². The van der Waals surface area contributed by atoms with Gasteiger partial charge in [-0.1, -0.05) is 48.0 Å². The van der Waals surface area contributed by atoms with Crippen molar-refractivity contribution in [3.63, 3.8) is 0 Å². The van der Waals surface area contributed by atoms with Crippen molar-refractivity contribution in [2.75, 3.05) is 0 Å². The first-order valence-electron chi connectivity index (χ1n) is 7.36. The average molecular weight is 331 g/mol. The summed E-state index contributed by atoms with van der Waals surface area (Å²) in [6.07, 6.45) is 7.10. The molecule has 0 amide bonds. The summed E-state index contributed by atoms with van der Waals surface area (Å²) in [5, 5.41) is 2.65. The first kappa shape index (κ1) is 14.5. The molecule has 4 heteroatoms. The van der Waals surface area contributed by atoms with E-state index in [0.29, 0.717) is 22.1 Å². The number of benzene rings is 2. The highest BCUT2D eigenvalue weighted by Gasteiger charge is 2.20. The van der Waals surface area contributed by atoms with E-state index in [1.807, 2.05) is 42.5 Å². The molecule has 0 saturated heterocycles. The van der Waals surface area contributed by atoms with Crippen molar-refractivity contribution in [2.24, 2.45) is 0 Å². The van der Waals surface area contributed by atoms with Crippen LogP contribution in [0.5, 0.6) is 0 Å². The van der Waals surface area contributed by atoms with Crippen molar-refractivity contribution < 1.29 is 4.79 Å². The molecule has 0 saturated carbocycles. The molecular formula is C20H11ClN2O. The number of aromatic nitrogens is 2. The van der Waals surface area contributed by atoms with Gasteiger partial charge < -0.3 is 0 Å². The van der Waals surface area contributed by atoms with Crippen molar-refractivity contribution in [1.82, 2.24) is 9.38 Å². The number of fused-ring (bicyclic) bond motifs is 2. The Labute approximate surface area is 143 Å². The van der Waals surface area contributed by atoms with E-state index in [0.717, 1.165) is 16.3 Å². The molecule has 0 bridgehead atoms. The number of nitrogens with zero attached hydrogens (tertiary/aromatic N) is 2. The van der Waals surface area contributed by atoms with E-state index in [9.17, 15) is 4.79 Å². The molecule has 4 rings (SSSR count). The van der Waals surface area contributed by atoms with Crippen LogP contribution in [0.15, 0.2) is 60.8 Å². The molecule has 3 nitrogen and oxygen atoms in total. The Hall–Kier alpha value is -3.09. The van der Waals surface area contributed by atoms with Crippen LogP contribution in [-0.4, -0.2) is 15.2 Å². The maximum Gasteiger partial charge on any atom is 0.254 e. The van der Waals surface area contributed by atoms with E-state index in [-0.39, 0.29) is 0 Å². The molecule has 0 radical (unpaired) electrons. The van der Waals surface area contributed by atoms with Gasteiger partial charge in [-0.2, -0.15) is 0 Å². The number of imidazole rings is 1. The summed E-state index contributed by atoms with van der Waals surface area (Å²) in [5.74, 6) is 1.76. The number of terminal acetylenes is 1. The van der Waals surface area contributed by atoms with Gasteiger partial charge in [0.2, 0.25) is 0 Å². The Balaban J connectivity index is 2.06. The summed E-state index contributed by atoms with van der Waals surface area (Å²) < 4.78 is 1.65. The van der Waals surface area contributed by atoms with Crippen LogP contribution >= 0.6 is 11.6 Å². The second-order valence-electron chi connectivity index (χ2n) is 5.39. The molecule has 0 aliphatic rings. The molecular weight excluding hydrogens is 320 g/mol. The number of hydrogen-bond acceptors (Lipinski definition) is 2. The van der Waals surface area contributed by atoms with Crippen LogP contribution in [0.25, 0.3) is 27.7 Å². The number of ketones is 1.